The summed E-state index contributed by atoms with van der Waals surface area (Å²) in [6.07, 6.45) is 2.79. The molecule has 0 aliphatic heterocycles. The number of benzene rings is 1. The van der Waals surface area contributed by atoms with Gasteiger partial charge in [-0.3, -0.25) is 4.79 Å². The Labute approximate surface area is 89.3 Å². The lowest BCUT2D eigenvalue weighted by atomic mass is 10.1. The molecule has 1 rings (SSSR count). The summed E-state index contributed by atoms with van der Waals surface area (Å²) < 4.78 is 10.0. The van der Waals surface area contributed by atoms with Crippen molar-refractivity contribution >= 4 is 5.78 Å². The van der Waals surface area contributed by atoms with Gasteiger partial charge in [0.05, 0.1) is 25.5 Å². The van der Waals surface area contributed by atoms with Crippen molar-refractivity contribution in [3.05, 3.63) is 42.2 Å². The molecule has 0 aliphatic carbocycles. The maximum Gasteiger partial charge on any atom is 0.192 e. The minimum absolute atomic E-state index is 0.124. The zero-order chi connectivity index (χ0) is 11.1. The van der Waals surface area contributed by atoms with Crippen LogP contribution >= 0.6 is 0 Å². The third-order valence-corrected chi connectivity index (χ3v) is 1.85. The number of allylic oxidation sites excluding steroid dienone is 1. The first-order chi connectivity index (χ1) is 7.29. The molecule has 0 amide bonds. The van der Waals surface area contributed by atoms with Gasteiger partial charge in [0.15, 0.2) is 5.78 Å². The second kappa shape index (κ2) is 5.86. The van der Waals surface area contributed by atoms with E-state index in [0.29, 0.717) is 17.9 Å². The van der Waals surface area contributed by atoms with E-state index in [1.54, 1.807) is 25.3 Å². The summed E-state index contributed by atoms with van der Waals surface area (Å²) in [6, 6.07) is 7.09. The first-order valence-corrected chi connectivity index (χ1v) is 4.75. The summed E-state index contributed by atoms with van der Waals surface area (Å²) in [4.78, 5) is 11.7. The summed E-state index contributed by atoms with van der Waals surface area (Å²) in [5, 5.41) is 0. The Morgan fingerprint density at radius 2 is 2.13 bits per heavy atom. The molecule has 0 unspecified atom stereocenters. The van der Waals surface area contributed by atoms with Crippen molar-refractivity contribution in [1.29, 1.82) is 0 Å². The van der Waals surface area contributed by atoms with Gasteiger partial charge in [0.25, 0.3) is 0 Å². The molecule has 0 bridgehead atoms. The van der Waals surface area contributed by atoms with Crippen LogP contribution in [-0.2, 0) is 4.74 Å². The van der Waals surface area contributed by atoms with Gasteiger partial charge in [0, 0.05) is 6.08 Å². The number of methoxy groups -OCH3 is 1. The largest absolute Gasteiger partial charge is 0.501 e. The van der Waals surface area contributed by atoms with Gasteiger partial charge in [-0.05, 0) is 19.1 Å². The maximum absolute atomic E-state index is 11.7. The molecule has 0 saturated carbocycles. The lowest BCUT2D eigenvalue weighted by Gasteiger charge is -2.04. The summed E-state index contributed by atoms with van der Waals surface area (Å²) in [6.45, 7) is 2.41. The van der Waals surface area contributed by atoms with Crippen LogP contribution in [0.25, 0.3) is 0 Å². The SMILES string of the molecule is CCO/C=C/C(=O)c1ccccc1OC. The van der Waals surface area contributed by atoms with E-state index >= 15 is 0 Å². The Kier molecular flexibility index (Phi) is 4.41. The van der Waals surface area contributed by atoms with Gasteiger partial charge in [-0.25, -0.2) is 0 Å². The molecule has 3 nitrogen and oxygen atoms in total. The zero-order valence-corrected chi connectivity index (χ0v) is 8.90. The number of carbonyl (C=O) groups excluding carboxylic acids is 1. The maximum atomic E-state index is 11.7. The molecule has 0 spiro atoms. The first kappa shape index (κ1) is 11.3. The molecule has 1 aromatic carbocycles. The van der Waals surface area contributed by atoms with Gasteiger partial charge in [-0.15, -0.1) is 0 Å². The van der Waals surface area contributed by atoms with E-state index in [-0.39, 0.29) is 5.78 Å². The van der Waals surface area contributed by atoms with E-state index in [0.717, 1.165) is 0 Å². The van der Waals surface area contributed by atoms with Crippen LogP contribution < -0.4 is 4.74 Å². The minimum atomic E-state index is -0.124. The highest BCUT2D eigenvalue weighted by atomic mass is 16.5. The van der Waals surface area contributed by atoms with Crippen molar-refractivity contribution < 1.29 is 14.3 Å². The smallest absolute Gasteiger partial charge is 0.192 e. The molecule has 80 valence electrons. The number of ether oxygens (including phenoxy) is 2. The molecule has 0 aromatic heterocycles. The van der Waals surface area contributed by atoms with Crippen molar-refractivity contribution in [2.45, 2.75) is 6.92 Å². The van der Waals surface area contributed by atoms with Gasteiger partial charge < -0.3 is 9.47 Å². The molecule has 0 radical (unpaired) electrons. The highest BCUT2D eigenvalue weighted by Crippen LogP contribution is 2.17. The standard InChI is InChI=1S/C12H14O3/c1-3-15-9-8-11(13)10-6-4-5-7-12(10)14-2/h4-9H,3H2,1-2H3/b9-8+. The fourth-order valence-corrected chi connectivity index (χ4v) is 1.14. The van der Waals surface area contributed by atoms with Crippen molar-refractivity contribution in [3.8, 4) is 5.75 Å². The topological polar surface area (TPSA) is 35.5 Å². The summed E-state index contributed by atoms with van der Waals surface area (Å²) in [5.41, 5.74) is 0.538. The highest BCUT2D eigenvalue weighted by molar-refractivity contribution is 6.06. The average Bonchev–Trinajstić information content (AvgIpc) is 2.29. The first-order valence-electron chi connectivity index (χ1n) is 4.75. The molecular weight excluding hydrogens is 192 g/mol. The molecule has 3 heteroatoms. The van der Waals surface area contributed by atoms with Gasteiger partial charge in [0.1, 0.15) is 5.75 Å². The Balaban J connectivity index is 2.81. The van der Waals surface area contributed by atoms with E-state index < -0.39 is 0 Å². The summed E-state index contributed by atoms with van der Waals surface area (Å²) >= 11 is 0. The normalized spacial score (nSPS) is 10.3. The third kappa shape index (κ3) is 3.13. The Bertz CT molecular complexity index is 356. The average molecular weight is 206 g/mol. The monoisotopic (exact) mass is 206 g/mol. The zero-order valence-electron chi connectivity index (χ0n) is 8.90. The molecule has 0 heterocycles. The van der Waals surface area contributed by atoms with E-state index in [1.807, 2.05) is 13.0 Å². The van der Waals surface area contributed by atoms with Crippen LogP contribution in [0.4, 0.5) is 0 Å². The Hall–Kier alpha value is -1.77. The van der Waals surface area contributed by atoms with Crippen LogP contribution in [0.1, 0.15) is 17.3 Å². The van der Waals surface area contributed by atoms with E-state index in [1.165, 1.54) is 12.3 Å². The molecule has 0 atom stereocenters. The molecular formula is C12H14O3. The number of para-hydroxylation sites is 1. The van der Waals surface area contributed by atoms with Gasteiger partial charge in [0.2, 0.25) is 0 Å². The fraction of sp³-hybridized carbons (Fsp3) is 0.250. The van der Waals surface area contributed by atoms with E-state index in [2.05, 4.69) is 0 Å². The molecule has 0 fully saturated rings. The van der Waals surface area contributed by atoms with Gasteiger partial charge in [-0.2, -0.15) is 0 Å². The van der Waals surface area contributed by atoms with Crippen molar-refractivity contribution in [2.24, 2.45) is 0 Å². The van der Waals surface area contributed by atoms with Crippen LogP contribution in [0, 0.1) is 0 Å². The summed E-state index contributed by atoms with van der Waals surface area (Å²) in [5.74, 6) is 0.449. The Morgan fingerprint density at radius 3 is 2.80 bits per heavy atom. The van der Waals surface area contributed by atoms with Crippen molar-refractivity contribution in [1.82, 2.24) is 0 Å². The fourth-order valence-electron chi connectivity index (χ4n) is 1.14. The lowest BCUT2D eigenvalue weighted by molar-refractivity contribution is 0.104. The number of carbonyl (C=O) groups is 1. The van der Waals surface area contributed by atoms with Crippen LogP contribution in [0.3, 0.4) is 0 Å². The Morgan fingerprint density at radius 1 is 1.40 bits per heavy atom. The third-order valence-electron chi connectivity index (χ3n) is 1.85. The molecule has 15 heavy (non-hydrogen) atoms. The van der Waals surface area contributed by atoms with E-state index in [9.17, 15) is 4.79 Å². The predicted octanol–water partition coefficient (Wildman–Crippen LogP) is 2.43. The number of hydrogen-bond donors (Lipinski definition) is 0. The minimum Gasteiger partial charge on any atom is -0.501 e. The highest BCUT2D eigenvalue weighted by Gasteiger charge is 2.07. The second-order valence-corrected chi connectivity index (χ2v) is 2.82. The quantitative estimate of drug-likeness (QED) is 0.421. The van der Waals surface area contributed by atoms with Crippen molar-refractivity contribution in [2.75, 3.05) is 13.7 Å². The molecule has 0 saturated heterocycles. The second-order valence-electron chi connectivity index (χ2n) is 2.82. The van der Waals surface area contributed by atoms with Crippen LogP contribution in [-0.4, -0.2) is 19.5 Å². The van der Waals surface area contributed by atoms with Crippen LogP contribution in [0.5, 0.6) is 5.75 Å². The van der Waals surface area contributed by atoms with E-state index in [4.69, 9.17) is 9.47 Å². The predicted molar refractivity (Wildman–Crippen MR) is 58.1 cm³/mol. The lowest BCUT2D eigenvalue weighted by Crippen LogP contribution is -1.98. The molecule has 0 aliphatic rings. The molecule has 0 N–H and O–H groups in total. The van der Waals surface area contributed by atoms with Crippen LogP contribution in [0.15, 0.2) is 36.6 Å². The number of hydrogen-bond acceptors (Lipinski definition) is 3. The van der Waals surface area contributed by atoms with Gasteiger partial charge >= 0.3 is 0 Å². The molecule has 1 aromatic rings. The summed E-state index contributed by atoms with van der Waals surface area (Å²) in [7, 11) is 1.54. The number of ketones is 1. The van der Waals surface area contributed by atoms with Crippen molar-refractivity contribution in [3.63, 3.8) is 0 Å². The number of rotatable bonds is 5. The van der Waals surface area contributed by atoms with Gasteiger partial charge in [-0.1, -0.05) is 12.1 Å². The van der Waals surface area contributed by atoms with Crippen LogP contribution in [0.2, 0.25) is 0 Å².